The van der Waals surface area contributed by atoms with E-state index in [0.717, 1.165) is 38.2 Å². The molecule has 1 aromatic rings. The number of rotatable bonds is 5. The summed E-state index contributed by atoms with van der Waals surface area (Å²) in [5.74, 6) is 0. The molecule has 0 bridgehead atoms. The van der Waals surface area contributed by atoms with Gasteiger partial charge in [0.15, 0.2) is 0 Å². The number of hydrogen-bond donors (Lipinski definition) is 1. The van der Waals surface area contributed by atoms with Crippen molar-refractivity contribution in [2.24, 2.45) is 5.41 Å². The smallest absolute Gasteiger partial charge is 0.315 e. The van der Waals surface area contributed by atoms with Crippen molar-refractivity contribution in [3.05, 3.63) is 28.3 Å². The van der Waals surface area contributed by atoms with E-state index in [4.69, 9.17) is 0 Å². The lowest BCUT2D eigenvalue weighted by atomic mass is 9.84. The van der Waals surface area contributed by atoms with E-state index in [9.17, 15) is 10.1 Å². The van der Waals surface area contributed by atoms with Gasteiger partial charge in [-0.15, -0.1) is 0 Å². The average Bonchev–Trinajstić information content (AvgIpc) is 2.43. The summed E-state index contributed by atoms with van der Waals surface area (Å²) >= 11 is 0. The lowest BCUT2D eigenvalue weighted by Crippen LogP contribution is -2.40. The highest BCUT2D eigenvalue weighted by Gasteiger charge is 2.31. The van der Waals surface area contributed by atoms with Crippen molar-refractivity contribution < 1.29 is 4.92 Å². The highest BCUT2D eigenvalue weighted by atomic mass is 16.6. The molecule has 0 unspecified atom stereocenters. The van der Waals surface area contributed by atoms with Crippen LogP contribution in [0.4, 0.5) is 17.1 Å². The van der Waals surface area contributed by atoms with Crippen LogP contribution in [0.15, 0.2) is 18.2 Å². The second kappa shape index (κ2) is 6.33. The van der Waals surface area contributed by atoms with Gasteiger partial charge in [0, 0.05) is 19.6 Å². The Balaban J connectivity index is 2.36. The Morgan fingerprint density at radius 1 is 1.43 bits per heavy atom. The number of hydrogen-bond acceptors (Lipinski definition) is 4. The molecule has 1 heterocycles. The molecule has 5 nitrogen and oxygen atoms in total. The van der Waals surface area contributed by atoms with Crippen LogP contribution < -0.4 is 10.2 Å². The van der Waals surface area contributed by atoms with Crippen LogP contribution in [0.5, 0.6) is 0 Å². The fraction of sp³-hybridized carbons (Fsp3) is 0.625. The van der Waals surface area contributed by atoms with Gasteiger partial charge in [0.1, 0.15) is 11.4 Å². The van der Waals surface area contributed by atoms with Crippen molar-refractivity contribution in [2.75, 3.05) is 29.9 Å². The van der Waals surface area contributed by atoms with Gasteiger partial charge in [-0.2, -0.15) is 0 Å². The maximum Gasteiger partial charge on any atom is 0.315 e. The summed E-state index contributed by atoms with van der Waals surface area (Å²) < 4.78 is 0. The molecule has 21 heavy (non-hydrogen) atoms. The largest absolute Gasteiger partial charge is 0.379 e. The van der Waals surface area contributed by atoms with Gasteiger partial charge in [-0.3, -0.25) is 10.1 Å². The number of nitro groups is 1. The number of para-hydroxylation sites is 1. The fourth-order valence-electron chi connectivity index (χ4n) is 3.01. The average molecular weight is 291 g/mol. The fourth-order valence-corrected chi connectivity index (χ4v) is 3.01. The molecule has 2 rings (SSSR count). The van der Waals surface area contributed by atoms with Gasteiger partial charge in [0.2, 0.25) is 0 Å². The minimum absolute atomic E-state index is 0.207. The van der Waals surface area contributed by atoms with Gasteiger partial charge in [-0.05, 0) is 36.8 Å². The Labute approximate surface area is 126 Å². The minimum Gasteiger partial charge on any atom is -0.379 e. The monoisotopic (exact) mass is 291 g/mol. The van der Waals surface area contributed by atoms with Crippen molar-refractivity contribution in [3.63, 3.8) is 0 Å². The van der Waals surface area contributed by atoms with Crippen molar-refractivity contribution in [3.8, 4) is 0 Å². The van der Waals surface area contributed by atoms with Gasteiger partial charge in [-0.25, -0.2) is 0 Å². The van der Waals surface area contributed by atoms with E-state index >= 15 is 0 Å². The predicted octanol–water partition coefficient (Wildman–Crippen LogP) is 4.04. The first-order chi connectivity index (χ1) is 9.94. The van der Waals surface area contributed by atoms with Crippen LogP contribution in [-0.4, -0.2) is 24.6 Å². The van der Waals surface area contributed by atoms with E-state index in [1.54, 1.807) is 6.07 Å². The standard InChI is InChI=1S/C16H25N3O2/c1-4-10-17-13-7-5-8-14(15(13)19(20)21)18-11-6-9-16(2,3)12-18/h5,7-8,17H,4,6,9-12H2,1-3H3. The van der Waals surface area contributed by atoms with Crippen LogP contribution in [0.3, 0.4) is 0 Å². The molecular weight excluding hydrogens is 266 g/mol. The Bertz CT molecular complexity index is 514. The normalized spacial score (nSPS) is 17.6. The van der Waals surface area contributed by atoms with Crippen LogP contribution in [0.1, 0.15) is 40.0 Å². The van der Waals surface area contributed by atoms with Crippen molar-refractivity contribution >= 4 is 17.1 Å². The summed E-state index contributed by atoms with van der Waals surface area (Å²) in [6, 6.07) is 5.57. The topological polar surface area (TPSA) is 58.4 Å². The Hall–Kier alpha value is -1.78. The third kappa shape index (κ3) is 3.65. The summed E-state index contributed by atoms with van der Waals surface area (Å²) in [6.07, 6.45) is 3.19. The number of anilines is 2. The molecule has 116 valence electrons. The highest BCUT2D eigenvalue weighted by molar-refractivity contribution is 5.77. The number of nitrogens with zero attached hydrogens (tertiary/aromatic N) is 2. The minimum atomic E-state index is -0.255. The first kappa shape index (κ1) is 15.6. The Morgan fingerprint density at radius 2 is 2.19 bits per heavy atom. The zero-order chi connectivity index (χ0) is 15.5. The second-order valence-corrected chi connectivity index (χ2v) is 6.55. The van der Waals surface area contributed by atoms with E-state index in [1.807, 2.05) is 12.1 Å². The Morgan fingerprint density at radius 3 is 2.81 bits per heavy atom. The molecule has 0 radical (unpaired) electrons. The lowest BCUT2D eigenvalue weighted by Gasteiger charge is -2.39. The van der Waals surface area contributed by atoms with Gasteiger partial charge in [0.25, 0.3) is 0 Å². The molecule has 0 spiro atoms. The summed E-state index contributed by atoms with van der Waals surface area (Å²) in [4.78, 5) is 13.5. The van der Waals surface area contributed by atoms with Crippen molar-refractivity contribution in [1.29, 1.82) is 0 Å². The number of piperidine rings is 1. The van der Waals surface area contributed by atoms with Gasteiger partial charge in [-0.1, -0.05) is 26.8 Å². The quantitative estimate of drug-likeness (QED) is 0.657. The molecule has 1 aromatic carbocycles. The van der Waals surface area contributed by atoms with Crippen LogP contribution in [-0.2, 0) is 0 Å². The summed E-state index contributed by atoms with van der Waals surface area (Å²) in [5.41, 5.74) is 1.79. The maximum atomic E-state index is 11.5. The van der Waals surface area contributed by atoms with Crippen LogP contribution in [0.25, 0.3) is 0 Å². The second-order valence-electron chi connectivity index (χ2n) is 6.55. The SMILES string of the molecule is CCCNc1cccc(N2CCCC(C)(C)C2)c1[N+](=O)[O-]. The van der Waals surface area contributed by atoms with Crippen molar-refractivity contribution in [2.45, 2.75) is 40.0 Å². The summed E-state index contributed by atoms with van der Waals surface area (Å²) in [5, 5.41) is 14.7. The molecule has 0 aromatic heterocycles. The van der Waals surface area contributed by atoms with Gasteiger partial charge in [0.05, 0.1) is 4.92 Å². The molecule has 1 aliphatic rings. The molecule has 1 N–H and O–H groups in total. The maximum absolute atomic E-state index is 11.5. The van der Waals surface area contributed by atoms with Gasteiger partial charge >= 0.3 is 5.69 Å². The molecule has 1 saturated heterocycles. The van der Waals surface area contributed by atoms with Crippen LogP contribution in [0.2, 0.25) is 0 Å². The number of nitro benzene ring substituents is 1. The zero-order valence-corrected chi connectivity index (χ0v) is 13.2. The number of nitrogens with one attached hydrogen (secondary N) is 1. The lowest BCUT2D eigenvalue weighted by molar-refractivity contribution is -0.383. The molecule has 0 aliphatic carbocycles. The van der Waals surface area contributed by atoms with Crippen LogP contribution in [0, 0.1) is 15.5 Å². The molecule has 0 amide bonds. The van der Waals surface area contributed by atoms with Crippen molar-refractivity contribution in [1.82, 2.24) is 0 Å². The van der Waals surface area contributed by atoms with Gasteiger partial charge < -0.3 is 10.2 Å². The van der Waals surface area contributed by atoms with E-state index in [2.05, 4.69) is 31.0 Å². The molecule has 0 saturated carbocycles. The number of benzene rings is 1. The van der Waals surface area contributed by atoms with E-state index in [0.29, 0.717) is 5.69 Å². The zero-order valence-electron chi connectivity index (χ0n) is 13.2. The molecule has 1 fully saturated rings. The van der Waals surface area contributed by atoms with E-state index < -0.39 is 0 Å². The predicted molar refractivity (Wildman–Crippen MR) is 87.1 cm³/mol. The highest BCUT2D eigenvalue weighted by Crippen LogP contribution is 2.39. The third-order valence-electron chi connectivity index (χ3n) is 4.00. The molecule has 0 atom stereocenters. The first-order valence-corrected chi connectivity index (χ1v) is 7.71. The molecule has 1 aliphatic heterocycles. The van der Waals surface area contributed by atoms with E-state index in [-0.39, 0.29) is 16.0 Å². The van der Waals surface area contributed by atoms with Crippen LogP contribution >= 0.6 is 0 Å². The van der Waals surface area contributed by atoms with E-state index in [1.165, 1.54) is 6.42 Å². The molecular formula is C16H25N3O2. The summed E-state index contributed by atoms with van der Waals surface area (Å²) in [7, 11) is 0. The molecule has 5 heteroatoms. The Kier molecular flexibility index (Phi) is 4.70. The third-order valence-corrected chi connectivity index (χ3v) is 4.00. The summed E-state index contributed by atoms with van der Waals surface area (Å²) in [6.45, 7) is 9.01. The first-order valence-electron chi connectivity index (χ1n) is 7.71.